The average molecular weight is 455 g/mol. The molecule has 1 saturated heterocycles. The molecule has 0 spiro atoms. The molecule has 0 saturated carbocycles. The lowest BCUT2D eigenvalue weighted by Gasteiger charge is -2.34. The van der Waals surface area contributed by atoms with Gasteiger partial charge in [0.05, 0.1) is 48.8 Å². The maximum atomic E-state index is 13.7. The SMILES string of the molecule is CC1Cn2ncc(N3CC(C)(C)OC3=O)c2CN1C(=O)Nc1cc(F)c(F)c(C(F)F)c1. The maximum Gasteiger partial charge on any atom is 0.415 e. The molecule has 3 amide bonds. The van der Waals surface area contributed by atoms with Gasteiger partial charge < -0.3 is 15.0 Å². The fraction of sp³-hybridized carbons (Fsp3) is 0.450. The van der Waals surface area contributed by atoms with Crippen LogP contribution in [0.4, 0.5) is 38.5 Å². The average Bonchev–Trinajstić information content (AvgIpc) is 3.21. The van der Waals surface area contributed by atoms with Crippen LogP contribution in [0.3, 0.4) is 0 Å². The molecular formula is C20H21F4N5O3. The van der Waals surface area contributed by atoms with Gasteiger partial charge in [-0.15, -0.1) is 0 Å². The number of anilines is 2. The molecule has 1 fully saturated rings. The Kier molecular flexibility index (Phi) is 5.25. The monoisotopic (exact) mass is 455 g/mol. The number of carbonyl (C=O) groups excluding carboxylic acids is 2. The molecule has 1 aromatic carbocycles. The van der Waals surface area contributed by atoms with Crippen LogP contribution in [0.25, 0.3) is 0 Å². The largest absolute Gasteiger partial charge is 0.441 e. The highest BCUT2D eigenvalue weighted by atomic mass is 19.3. The number of aromatic nitrogens is 2. The summed E-state index contributed by atoms with van der Waals surface area (Å²) >= 11 is 0. The van der Waals surface area contributed by atoms with Gasteiger partial charge in [-0.25, -0.2) is 27.2 Å². The lowest BCUT2D eigenvalue weighted by molar-refractivity contribution is 0.0871. The molecule has 1 N–H and O–H groups in total. The molecule has 2 aliphatic rings. The molecule has 2 aromatic rings. The van der Waals surface area contributed by atoms with E-state index >= 15 is 0 Å². The van der Waals surface area contributed by atoms with Gasteiger partial charge in [0.1, 0.15) is 5.60 Å². The number of ether oxygens (including phenoxy) is 1. The number of cyclic esters (lactones) is 1. The molecule has 32 heavy (non-hydrogen) atoms. The molecule has 2 aliphatic heterocycles. The minimum atomic E-state index is -3.24. The van der Waals surface area contributed by atoms with E-state index in [0.717, 1.165) is 0 Å². The van der Waals surface area contributed by atoms with Crippen molar-refractivity contribution >= 4 is 23.5 Å². The molecule has 0 aliphatic carbocycles. The van der Waals surface area contributed by atoms with Crippen molar-refractivity contribution in [1.82, 2.24) is 14.7 Å². The quantitative estimate of drug-likeness (QED) is 0.701. The Balaban J connectivity index is 1.57. The number of carbonyl (C=O) groups is 2. The molecule has 12 heteroatoms. The van der Waals surface area contributed by atoms with Crippen molar-refractivity contribution in [3.63, 3.8) is 0 Å². The summed E-state index contributed by atoms with van der Waals surface area (Å²) in [6, 6.07) is 0.308. The number of hydrogen-bond donors (Lipinski definition) is 1. The molecular weight excluding hydrogens is 434 g/mol. The van der Waals surface area contributed by atoms with Crippen molar-refractivity contribution in [3.8, 4) is 0 Å². The first-order valence-corrected chi connectivity index (χ1v) is 9.87. The first-order valence-electron chi connectivity index (χ1n) is 9.87. The zero-order valence-electron chi connectivity index (χ0n) is 17.5. The van der Waals surface area contributed by atoms with Gasteiger partial charge in [-0.05, 0) is 26.8 Å². The highest BCUT2D eigenvalue weighted by Crippen LogP contribution is 2.33. The van der Waals surface area contributed by atoms with E-state index in [0.29, 0.717) is 36.6 Å². The van der Waals surface area contributed by atoms with Crippen molar-refractivity contribution in [2.75, 3.05) is 16.8 Å². The number of amides is 3. The van der Waals surface area contributed by atoms with Crippen molar-refractivity contribution in [3.05, 3.63) is 41.2 Å². The number of hydrogen-bond acceptors (Lipinski definition) is 4. The lowest BCUT2D eigenvalue weighted by atomic mass is 10.1. The van der Waals surface area contributed by atoms with Crippen LogP contribution in [0, 0.1) is 11.6 Å². The van der Waals surface area contributed by atoms with Crippen LogP contribution in [0.2, 0.25) is 0 Å². The van der Waals surface area contributed by atoms with Gasteiger partial charge in [0, 0.05) is 11.8 Å². The van der Waals surface area contributed by atoms with Crippen LogP contribution in [-0.2, 0) is 17.8 Å². The van der Waals surface area contributed by atoms with Crippen LogP contribution >= 0.6 is 0 Å². The van der Waals surface area contributed by atoms with E-state index < -0.39 is 41.3 Å². The summed E-state index contributed by atoms with van der Waals surface area (Å²) in [5.41, 5.74) is -1.02. The highest BCUT2D eigenvalue weighted by molar-refractivity contribution is 5.92. The predicted octanol–water partition coefficient (Wildman–Crippen LogP) is 4.27. The van der Waals surface area contributed by atoms with E-state index in [1.807, 2.05) is 0 Å². The maximum absolute atomic E-state index is 13.7. The normalized spacial score (nSPS) is 19.9. The fourth-order valence-electron chi connectivity index (χ4n) is 3.87. The summed E-state index contributed by atoms with van der Waals surface area (Å²) in [7, 11) is 0. The van der Waals surface area contributed by atoms with Crippen molar-refractivity contribution in [1.29, 1.82) is 0 Å². The standard InChI is InChI=1S/C20H21F4N5O3/c1-10-7-29-15(14(6-25-29)28-9-20(2,3)32-19(28)31)8-27(10)18(30)26-11-4-12(17(23)24)16(22)13(21)5-11/h4-6,10,17H,7-9H2,1-3H3,(H,26,30). The zero-order chi connectivity index (χ0) is 23.4. The highest BCUT2D eigenvalue weighted by Gasteiger charge is 2.41. The molecule has 1 unspecified atom stereocenters. The molecule has 0 bridgehead atoms. The van der Waals surface area contributed by atoms with Gasteiger partial charge in [-0.1, -0.05) is 0 Å². The number of fused-ring (bicyclic) bond motifs is 1. The summed E-state index contributed by atoms with van der Waals surface area (Å²) in [5, 5.41) is 6.65. The van der Waals surface area contributed by atoms with E-state index in [4.69, 9.17) is 4.74 Å². The van der Waals surface area contributed by atoms with Crippen LogP contribution < -0.4 is 10.2 Å². The summed E-state index contributed by atoms with van der Waals surface area (Å²) in [4.78, 5) is 28.0. The van der Waals surface area contributed by atoms with Gasteiger partial charge in [0.25, 0.3) is 6.43 Å². The first-order chi connectivity index (χ1) is 15.0. The molecule has 172 valence electrons. The molecule has 0 radical (unpaired) electrons. The summed E-state index contributed by atoms with van der Waals surface area (Å²) in [6.45, 7) is 5.98. The topological polar surface area (TPSA) is 79.7 Å². The Morgan fingerprint density at radius 2 is 2.03 bits per heavy atom. The van der Waals surface area contributed by atoms with E-state index in [1.54, 1.807) is 25.5 Å². The third-order valence-corrected chi connectivity index (χ3v) is 5.43. The molecule has 3 heterocycles. The molecule has 4 rings (SSSR count). The van der Waals surface area contributed by atoms with E-state index in [-0.39, 0.29) is 18.3 Å². The van der Waals surface area contributed by atoms with Gasteiger partial charge in [0.2, 0.25) is 0 Å². The van der Waals surface area contributed by atoms with Crippen molar-refractivity contribution in [2.24, 2.45) is 0 Å². The summed E-state index contributed by atoms with van der Waals surface area (Å²) in [6.07, 6.45) is -2.24. The molecule has 8 nitrogen and oxygen atoms in total. The number of rotatable bonds is 3. The number of nitrogens with one attached hydrogen (secondary N) is 1. The Hall–Kier alpha value is -3.31. The van der Waals surface area contributed by atoms with E-state index in [9.17, 15) is 27.2 Å². The fourth-order valence-corrected chi connectivity index (χ4v) is 3.87. The number of alkyl halides is 2. The first kappa shape index (κ1) is 21.9. The third kappa shape index (κ3) is 3.84. The van der Waals surface area contributed by atoms with E-state index in [1.165, 1.54) is 16.0 Å². The Morgan fingerprint density at radius 3 is 2.66 bits per heavy atom. The minimum Gasteiger partial charge on any atom is -0.441 e. The minimum absolute atomic E-state index is 0.0535. The Morgan fingerprint density at radius 1 is 1.31 bits per heavy atom. The van der Waals surface area contributed by atoms with Crippen LogP contribution in [0.1, 0.15) is 38.5 Å². The van der Waals surface area contributed by atoms with Crippen LogP contribution in [-0.4, -0.2) is 45.0 Å². The van der Waals surface area contributed by atoms with Crippen LogP contribution in [0.15, 0.2) is 18.3 Å². The van der Waals surface area contributed by atoms with Crippen molar-refractivity contribution < 1.29 is 31.9 Å². The van der Waals surface area contributed by atoms with Crippen molar-refractivity contribution in [2.45, 2.75) is 51.9 Å². The number of halogens is 4. The number of nitrogens with zero attached hydrogens (tertiary/aromatic N) is 4. The number of benzene rings is 1. The zero-order valence-corrected chi connectivity index (χ0v) is 17.5. The van der Waals surface area contributed by atoms with E-state index in [2.05, 4.69) is 10.4 Å². The Bertz CT molecular complexity index is 1090. The van der Waals surface area contributed by atoms with Gasteiger partial charge >= 0.3 is 12.1 Å². The van der Waals surface area contributed by atoms with Gasteiger partial charge in [-0.2, -0.15) is 5.10 Å². The predicted molar refractivity (Wildman–Crippen MR) is 105 cm³/mol. The number of urea groups is 1. The summed E-state index contributed by atoms with van der Waals surface area (Å²) in [5.74, 6) is -3.14. The third-order valence-electron chi connectivity index (χ3n) is 5.43. The van der Waals surface area contributed by atoms with Crippen LogP contribution in [0.5, 0.6) is 0 Å². The lowest BCUT2D eigenvalue weighted by Crippen LogP contribution is -2.47. The second-order valence-electron chi connectivity index (χ2n) is 8.44. The molecule has 1 atom stereocenters. The second kappa shape index (κ2) is 7.68. The van der Waals surface area contributed by atoms with Gasteiger partial charge in [-0.3, -0.25) is 9.58 Å². The summed E-state index contributed by atoms with van der Waals surface area (Å²) < 4.78 is 60.2. The molecule has 1 aromatic heterocycles. The second-order valence-corrected chi connectivity index (χ2v) is 8.44. The smallest absolute Gasteiger partial charge is 0.415 e. The van der Waals surface area contributed by atoms with Gasteiger partial charge in [0.15, 0.2) is 11.6 Å². The Labute approximate surface area is 180 Å².